The lowest BCUT2D eigenvalue weighted by atomic mass is 10.1. The summed E-state index contributed by atoms with van der Waals surface area (Å²) in [6, 6.07) is 0. The van der Waals surface area contributed by atoms with Gasteiger partial charge in [0.05, 0.1) is 6.61 Å². The lowest BCUT2D eigenvalue weighted by Crippen LogP contribution is -2.18. The van der Waals surface area contributed by atoms with Crippen molar-refractivity contribution in [3.63, 3.8) is 0 Å². The number of ether oxygens (including phenoxy) is 1. The molecule has 0 aromatic heterocycles. The maximum atomic E-state index is 10.9. The summed E-state index contributed by atoms with van der Waals surface area (Å²) in [5.41, 5.74) is 0. The number of esters is 1. The quantitative estimate of drug-likeness (QED) is 0.495. The maximum absolute atomic E-state index is 10.9. The lowest BCUT2D eigenvalue weighted by Gasteiger charge is -2.12. The van der Waals surface area contributed by atoms with Gasteiger partial charge in [0.1, 0.15) is 5.38 Å². The molecule has 3 heteroatoms. The van der Waals surface area contributed by atoms with E-state index >= 15 is 0 Å². The third kappa shape index (κ3) is 4.60. The molecule has 0 aromatic carbocycles. The molecule has 0 aliphatic carbocycles. The minimum atomic E-state index is -0.528. The van der Waals surface area contributed by atoms with E-state index in [1.165, 1.54) is 0 Å². The summed E-state index contributed by atoms with van der Waals surface area (Å²) in [6.45, 7) is 6.30. The molecule has 0 saturated heterocycles. The Morgan fingerprint density at radius 3 is 2.25 bits per heavy atom. The van der Waals surface area contributed by atoms with Crippen LogP contribution in [0.4, 0.5) is 0 Å². The Kier molecular flexibility index (Phi) is 6.17. The van der Waals surface area contributed by atoms with Gasteiger partial charge in [-0.3, -0.25) is 4.79 Å². The fraction of sp³-hybridized carbons (Fsp3) is 0.889. The van der Waals surface area contributed by atoms with Crippen LogP contribution in [0.5, 0.6) is 0 Å². The van der Waals surface area contributed by atoms with Crippen LogP contribution in [0.15, 0.2) is 0 Å². The topological polar surface area (TPSA) is 26.3 Å². The van der Waals surface area contributed by atoms with Gasteiger partial charge in [0, 0.05) is 0 Å². The molecule has 72 valence electrons. The molecule has 0 spiro atoms. The van der Waals surface area contributed by atoms with E-state index in [1.54, 1.807) is 6.92 Å². The highest BCUT2D eigenvalue weighted by Gasteiger charge is 2.12. The molecule has 0 amide bonds. The predicted octanol–water partition coefficient (Wildman–Crippen LogP) is 2.59. The highest BCUT2D eigenvalue weighted by molar-refractivity contribution is 6.29. The van der Waals surface area contributed by atoms with Gasteiger partial charge in [-0.05, 0) is 12.8 Å². The van der Waals surface area contributed by atoms with Gasteiger partial charge in [-0.1, -0.05) is 26.7 Å². The van der Waals surface area contributed by atoms with Crippen molar-refractivity contribution in [2.75, 3.05) is 6.61 Å². The highest BCUT2D eigenvalue weighted by atomic mass is 35.5. The third-order valence-electron chi connectivity index (χ3n) is 1.94. The first kappa shape index (κ1) is 11.8. The molecule has 0 aliphatic rings. The second kappa shape index (κ2) is 6.30. The zero-order chi connectivity index (χ0) is 9.56. The van der Waals surface area contributed by atoms with Gasteiger partial charge < -0.3 is 4.74 Å². The second-order valence-corrected chi connectivity index (χ2v) is 3.58. The van der Waals surface area contributed by atoms with Crippen LogP contribution < -0.4 is 0 Å². The number of halogens is 1. The smallest absolute Gasteiger partial charge is 0.323 e. The number of rotatable bonds is 5. The normalized spacial score (nSPS) is 13.1. The van der Waals surface area contributed by atoms with E-state index in [2.05, 4.69) is 13.8 Å². The number of carbonyl (C=O) groups is 1. The zero-order valence-electron chi connectivity index (χ0n) is 7.97. The van der Waals surface area contributed by atoms with Crippen LogP contribution in [0.2, 0.25) is 0 Å². The van der Waals surface area contributed by atoms with Crippen LogP contribution in [0, 0.1) is 5.92 Å². The van der Waals surface area contributed by atoms with Gasteiger partial charge in [-0.25, -0.2) is 0 Å². The maximum Gasteiger partial charge on any atom is 0.323 e. The minimum Gasteiger partial charge on any atom is -0.464 e. The van der Waals surface area contributed by atoms with Crippen LogP contribution in [0.25, 0.3) is 0 Å². The molecule has 0 unspecified atom stereocenters. The first-order valence-electron chi connectivity index (χ1n) is 4.42. The Labute approximate surface area is 79.2 Å². The molecule has 0 rings (SSSR count). The zero-order valence-corrected chi connectivity index (χ0v) is 8.73. The van der Waals surface area contributed by atoms with Crippen molar-refractivity contribution in [2.24, 2.45) is 5.92 Å². The van der Waals surface area contributed by atoms with Crippen molar-refractivity contribution in [3.8, 4) is 0 Å². The molecule has 0 aromatic rings. The first-order valence-corrected chi connectivity index (χ1v) is 4.86. The third-order valence-corrected chi connectivity index (χ3v) is 2.12. The number of hydrogen-bond donors (Lipinski definition) is 0. The average molecular weight is 193 g/mol. The van der Waals surface area contributed by atoms with Gasteiger partial charge in [0.2, 0.25) is 0 Å². The molecular weight excluding hydrogens is 176 g/mol. The highest BCUT2D eigenvalue weighted by Crippen LogP contribution is 2.08. The molecule has 0 N–H and O–H groups in total. The van der Waals surface area contributed by atoms with Crippen molar-refractivity contribution < 1.29 is 9.53 Å². The summed E-state index contributed by atoms with van der Waals surface area (Å²) < 4.78 is 4.98. The average Bonchev–Trinajstić information content (AvgIpc) is 2.05. The number of alkyl halides is 1. The van der Waals surface area contributed by atoms with E-state index in [1.807, 2.05) is 0 Å². The molecule has 0 aliphatic heterocycles. The predicted molar refractivity (Wildman–Crippen MR) is 50.3 cm³/mol. The molecule has 12 heavy (non-hydrogen) atoms. The van der Waals surface area contributed by atoms with Crippen molar-refractivity contribution in [3.05, 3.63) is 0 Å². The fourth-order valence-corrected chi connectivity index (χ4v) is 0.902. The summed E-state index contributed by atoms with van der Waals surface area (Å²) in [5, 5.41) is -0.528. The van der Waals surface area contributed by atoms with E-state index in [4.69, 9.17) is 16.3 Å². The van der Waals surface area contributed by atoms with E-state index in [0.29, 0.717) is 12.5 Å². The van der Waals surface area contributed by atoms with Crippen LogP contribution in [-0.4, -0.2) is 18.0 Å². The summed E-state index contributed by atoms with van der Waals surface area (Å²) in [7, 11) is 0. The summed E-state index contributed by atoms with van der Waals surface area (Å²) in [6.07, 6.45) is 2.08. The number of carbonyl (C=O) groups excluding carboxylic acids is 1. The molecule has 0 fully saturated rings. The Morgan fingerprint density at radius 1 is 1.42 bits per heavy atom. The molecule has 1 atom stereocenters. The first-order chi connectivity index (χ1) is 5.61. The second-order valence-electron chi connectivity index (χ2n) is 2.93. The van der Waals surface area contributed by atoms with Crippen LogP contribution in [-0.2, 0) is 9.53 Å². The lowest BCUT2D eigenvalue weighted by molar-refractivity contribution is -0.144. The SMILES string of the molecule is CCC(CC)COC(=O)[C@H](C)Cl. The summed E-state index contributed by atoms with van der Waals surface area (Å²) in [5.74, 6) is 0.160. The van der Waals surface area contributed by atoms with Crippen LogP contribution in [0.3, 0.4) is 0 Å². The van der Waals surface area contributed by atoms with E-state index < -0.39 is 5.38 Å². The van der Waals surface area contributed by atoms with Crippen LogP contribution >= 0.6 is 11.6 Å². The summed E-state index contributed by atoms with van der Waals surface area (Å²) >= 11 is 5.52. The monoisotopic (exact) mass is 192 g/mol. The standard InChI is InChI=1S/C9H17ClO2/c1-4-8(5-2)6-12-9(11)7(3)10/h7-8H,4-6H2,1-3H3/t7-/m0/s1. The van der Waals surface area contributed by atoms with Crippen LogP contribution in [0.1, 0.15) is 33.6 Å². The van der Waals surface area contributed by atoms with Gasteiger partial charge in [-0.2, -0.15) is 0 Å². The van der Waals surface area contributed by atoms with E-state index in [9.17, 15) is 4.79 Å². The Bertz CT molecular complexity index is 130. The van der Waals surface area contributed by atoms with Gasteiger partial charge >= 0.3 is 5.97 Å². The molecule has 2 nitrogen and oxygen atoms in total. The molecule has 0 saturated carbocycles. The van der Waals surface area contributed by atoms with Crippen molar-refractivity contribution in [1.29, 1.82) is 0 Å². The molecule has 0 bridgehead atoms. The van der Waals surface area contributed by atoms with Gasteiger partial charge in [0.25, 0.3) is 0 Å². The largest absolute Gasteiger partial charge is 0.464 e. The van der Waals surface area contributed by atoms with Gasteiger partial charge in [0.15, 0.2) is 0 Å². The minimum absolute atomic E-state index is 0.316. The fourth-order valence-electron chi connectivity index (χ4n) is 0.839. The molecular formula is C9H17ClO2. The molecule has 0 radical (unpaired) electrons. The molecule has 0 heterocycles. The van der Waals surface area contributed by atoms with Crippen molar-refractivity contribution >= 4 is 17.6 Å². The van der Waals surface area contributed by atoms with Crippen molar-refractivity contribution in [2.45, 2.75) is 39.0 Å². The Morgan fingerprint density at radius 2 is 1.92 bits per heavy atom. The van der Waals surface area contributed by atoms with E-state index in [-0.39, 0.29) is 5.97 Å². The summed E-state index contributed by atoms with van der Waals surface area (Å²) in [4.78, 5) is 10.9. The number of hydrogen-bond acceptors (Lipinski definition) is 2. The Balaban J connectivity index is 3.59. The Hall–Kier alpha value is -0.240. The van der Waals surface area contributed by atoms with Gasteiger partial charge in [-0.15, -0.1) is 11.6 Å². The van der Waals surface area contributed by atoms with Crippen molar-refractivity contribution in [1.82, 2.24) is 0 Å². The van der Waals surface area contributed by atoms with E-state index in [0.717, 1.165) is 12.8 Å².